The van der Waals surface area contributed by atoms with E-state index in [4.69, 9.17) is 16.7 Å². The van der Waals surface area contributed by atoms with Crippen LogP contribution >= 0.6 is 11.6 Å². The lowest BCUT2D eigenvalue weighted by Crippen LogP contribution is -2.18. The number of halogens is 4. The molecule has 0 radical (unpaired) electrons. The van der Waals surface area contributed by atoms with Crippen molar-refractivity contribution < 1.29 is 18.3 Å². The SMILES string of the molecule is OCC(F)(F)c1ccc(F)c(Cl)c1. The van der Waals surface area contributed by atoms with Gasteiger partial charge in [0.15, 0.2) is 0 Å². The number of benzene rings is 1. The number of hydrogen-bond acceptors (Lipinski definition) is 1. The maximum absolute atomic E-state index is 12.8. The summed E-state index contributed by atoms with van der Waals surface area (Å²) in [5.41, 5.74) is -0.499. The Morgan fingerprint density at radius 2 is 2.00 bits per heavy atom. The third-order valence-electron chi connectivity index (χ3n) is 1.54. The van der Waals surface area contributed by atoms with Crippen LogP contribution in [0.1, 0.15) is 5.56 Å². The molecule has 0 heterocycles. The average Bonchev–Trinajstić information content (AvgIpc) is 2.09. The number of rotatable bonds is 2. The smallest absolute Gasteiger partial charge is 0.295 e. The molecule has 0 aliphatic heterocycles. The van der Waals surface area contributed by atoms with Crippen LogP contribution in [0.5, 0.6) is 0 Å². The van der Waals surface area contributed by atoms with Crippen molar-refractivity contribution in [1.29, 1.82) is 0 Å². The van der Waals surface area contributed by atoms with Crippen molar-refractivity contribution in [2.75, 3.05) is 6.61 Å². The molecule has 0 unspecified atom stereocenters. The molecular formula is C8H6ClF3O. The molecule has 0 amide bonds. The van der Waals surface area contributed by atoms with E-state index in [1.165, 1.54) is 0 Å². The Morgan fingerprint density at radius 1 is 1.38 bits per heavy atom. The first kappa shape index (κ1) is 10.3. The Morgan fingerprint density at radius 3 is 2.46 bits per heavy atom. The quantitative estimate of drug-likeness (QED) is 0.796. The van der Waals surface area contributed by atoms with Crippen molar-refractivity contribution in [1.82, 2.24) is 0 Å². The molecule has 0 saturated heterocycles. The van der Waals surface area contributed by atoms with Crippen LogP contribution in [0, 0.1) is 5.82 Å². The molecule has 0 spiro atoms. The van der Waals surface area contributed by atoms with E-state index >= 15 is 0 Å². The summed E-state index contributed by atoms with van der Waals surface area (Å²) in [7, 11) is 0. The molecule has 0 aliphatic rings. The van der Waals surface area contributed by atoms with Crippen molar-refractivity contribution in [3.8, 4) is 0 Å². The fraction of sp³-hybridized carbons (Fsp3) is 0.250. The molecule has 1 aromatic rings. The van der Waals surface area contributed by atoms with E-state index in [0.29, 0.717) is 0 Å². The van der Waals surface area contributed by atoms with E-state index in [0.717, 1.165) is 18.2 Å². The Labute approximate surface area is 77.8 Å². The highest BCUT2D eigenvalue weighted by Crippen LogP contribution is 2.29. The lowest BCUT2D eigenvalue weighted by Gasteiger charge is -2.13. The number of alkyl halides is 2. The van der Waals surface area contributed by atoms with Crippen LogP contribution in [0.25, 0.3) is 0 Å². The standard InChI is InChI=1S/C8H6ClF3O/c9-6-3-5(1-2-7(6)10)8(11,12)4-13/h1-3,13H,4H2. The van der Waals surface area contributed by atoms with Crippen molar-refractivity contribution in [2.45, 2.75) is 5.92 Å². The van der Waals surface area contributed by atoms with Crippen molar-refractivity contribution in [3.05, 3.63) is 34.6 Å². The molecule has 1 aromatic carbocycles. The second-order valence-corrected chi connectivity index (χ2v) is 2.90. The topological polar surface area (TPSA) is 20.2 Å². The molecule has 72 valence electrons. The summed E-state index contributed by atoms with van der Waals surface area (Å²) < 4.78 is 38.1. The Balaban J connectivity index is 3.10. The van der Waals surface area contributed by atoms with Gasteiger partial charge in [-0.3, -0.25) is 0 Å². The molecule has 5 heteroatoms. The first-order chi connectivity index (χ1) is 5.97. The summed E-state index contributed by atoms with van der Waals surface area (Å²) >= 11 is 5.29. The van der Waals surface area contributed by atoms with Crippen LogP contribution < -0.4 is 0 Å². The highest BCUT2D eigenvalue weighted by Gasteiger charge is 2.30. The molecule has 0 atom stereocenters. The molecule has 0 aliphatic carbocycles. The minimum absolute atomic E-state index is 0.384. The molecule has 0 saturated carbocycles. The van der Waals surface area contributed by atoms with Gasteiger partial charge in [0.2, 0.25) is 0 Å². The van der Waals surface area contributed by atoms with Gasteiger partial charge in [0, 0.05) is 5.56 Å². The number of aliphatic hydroxyl groups excluding tert-OH is 1. The fourth-order valence-electron chi connectivity index (χ4n) is 0.815. The maximum atomic E-state index is 12.8. The average molecular weight is 211 g/mol. The summed E-state index contributed by atoms with van der Waals surface area (Å²) in [4.78, 5) is 0. The van der Waals surface area contributed by atoms with Gasteiger partial charge in [-0.1, -0.05) is 11.6 Å². The van der Waals surface area contributed by atoms with Crippen molar-refractivity contribution >= 4 is 11.6 Å². The van der Waals surface area contributed by atoms with E-state index in [1.54, 1.807) is 0 Å². The highest BCUT2D eigenvalue weighted by atomic mass is 35.5. The third kappa shape index (κ3) is 2.14. The number of hydrogen-bond donors (Lipinski definition) is 1. The van der Waals surface area contributed by atoms with Gasteiger partial charge in [-0.25, -0.2) is 4.39 Å². The lowest BCUT2D eigenvalue weighted by atomic mass is 10.1. The molecule has 0 fully saturated rings. The molecule has 1 N–H and O–H groups in total. The van der Waals surface area contributed by atoms with Gasteiger partial charge in [0.25, 0.3) is 5.92 Å². The molecule has 0 aromatic heterocycles. The minimum Gasteiger partial charge on any atom is -0.390 e. The zero-order chi connectivity index (χ0) is 10.1. The molecule has 1 rings (SSSR count). The summed E-state index contributed by atoms with van der Waals surface area (Å²) in [6.07, 6.45) is 0. The summed E-state index contributed by atoms with van der Waals surface area (Å²) in [5, 5.41) is 7.94. The molecular weight excluding hydrogens is 205 g/mol. The van der Waals surface area contributed by atoms with Gasteiger partial charge >= 0.3 is 0 Å². The van der Waals surface area contributed by atoms with E-state index in [2.05, 4.69) is 0 Å². The first-order valence-corrected chi connectivity index (χ1v) is 3.79. The number of aliphatic hydroxyl groups is 1. The van der Waals surface area contributed by atoms with Crippen LogP contribution in [0.2, 0.25) is 5.02 Å². The molecule has 0 bridgehead atoms. The lowest BCUT2D eigenvalue weighted by molar-refractivity contribution is -0.0556. The van der Waals surface area contributed by atoms with Crippen LogP contribution in [0.4, 0.5) is 13.2 Å². The molecule has 1 nitrogen and oxygen atoms in total. The second kappa shape index (κ2) is 3.55. The highest BCUT2D eigenvalue weighted by molar-refractivity contribution is 6.30. The Kier molecular flexibility index (Phi) is 2.83. The van der Waals surface area contributed by atoms with E-state index in [-0.39, 0.29) is 5.02 Å². The van der Waals surface area contributed by atoms with Crippen molar-refractivity contribution in [2.24, 2.45) is 0 Å². The van der Waals surface area contributed by atoms with Crippen molar-refractivity contribution in [3.63, 3.8) is 0 Å². The second-order valence-electron chi connectivity index (χ2n) is 2.49. The van der Waals surface area contributed by atoms with Crippen LogP contribution in [-0.4, -0.2) is 11.7 Å². The summed E-state index contributed by atoms with van der Waals surface area (Å²) in [6, 6.07) is 2.52. The van der Waals surface area contributed by atoms with Gasteiger partial charge in [0.1, 0.15) is 12.4 Å². The van der Waals surface area contributed by atoms with Gasteiger partial charge in [-0.05, 0) is 18.2 Å². The van der Waals surface area contributed by atoms with Gasteiger partial charge in [-0.2, -0.15) is 8.78 Å². The van der Waals surface area contributed by atoms with Crippen LogP contribution in [-0.2, 0) is 5.92 Å². The third-order valence-corrected chi connectivity index (χ3v) is 1.83. The molecule has 13 heavy (non-hydrogen) atoms. The van der Waals surface area contributed by atoms with Gasteiger partial charge in [0.05, 0.1) is 5.02 Å². The zero-order valence-corrected chi connectivity index (χ0v) is 7.15. The largest absolute Gasteiger partial charge is 0.390 e. The fourth-order valence-corrected chi connectivity index (χ4v) is 0.995. The van der Waals surface area contributed by atoms with Gasteiger partial charge < -0.3 is 5.11 Å². The first-order valence-electron chi connectivity index (χ1n) is 3.41. The maximum Gasteiger partial charge on any atom is 0.295 e. The Bertz CT molecular complexity index is 314. The Hall–Kier alpha value is -0.740. The van der Waals surface area contributed by atoms with Crippen LogP contribution in [0.15, 0.2) is 18.2 Å². The predicted octanol–water partition coefficient (Wildman–Crippen LogP) is 2.56. The van der Waals surface area contributed by atoms with E-state index < -0.39 is 23.9 Å². The normalized spacial score (nSPS) is 11.8. The van der Waals surface area contributed by atoms with E-state index in [9.17, 15) is 13.2 Å². The summed E-state index contributed by atoms with van der Waals surface area (Å²) in [6.45, 7) is -1.32. The predicted molar refractivity (Wildman–Crippen MR) is 42.4 cm³/mol. The van der Waals surface area contributed by atoms with E-state index in [1.807, 2.05) is 0 Å². The van der Waals surface area contributed by atoms with Gasteiger partial charge in [-0.15, -0.1) is 0 Å². The minimum atomic E-state index is -3.38. The van der Waals surface area contributed by atoms with Crippen LogP contribution in [0.3, 0.4) is 0 Å². The monoisotopic (exact) mass is 210 g/mol. The zero-order valence-electron chi connectivity index (χ0n) is 6.40. The summed E-state index contributed by atoms with van der Waals surface area (Å²) in [5.74, 6) is -4.14.